The molecular weight excluding hydrogens is 250 g/mol. The molecule has 0 amide bonds. The number of sulfonamides is 1. The van der Waals surface area contributed by atoms with Crippen molar-refractivity contribution in [2.24, 2.45) is 16.5 Å². The van der Waals surface area contributed by atoms with Crippen molar-refractivity contribution >= 4 is 10.0 Å². The van der Waals surface area contributed by atoms with E-state index in [2.05, 4.69) is 6.92 Å². The Labute approximate surface area is 111 Å². The number of nitrogens with two attached hydrogens (primary N) is 1. The predicted octanol–water partition coefficient (Wildman–Crippen LogP) is 2.29. The molecule has 2 atom stereocenters. The smallest absolute Gasteiger partial charge is 0.209 e. The van der Waals surface area contributed by atoms with Gasteiger partial charge >= 0.3 is 0 Å². The maximum atomic E-state index is 11.1. The van der Waals surface area contributed by atoms with Gasteiger partial charge in [-0.1, -0.05) is 40.0 Å². The summed E-state index contributed by atoms with van der Waals surface area (Å²) in [4.78, 5) is 0. The fraction of sp³-hybridized carbons (Fsp3) is 1.00. The van der Waals surface area contributed by atoms with Crippen LogP contribution in [0.3, 0.4) is 0 Å². The van der Waals surface area contributed by atoms with Crippen LogP contribution < -0.4 is 5.14 Å². The molecule has 108 valence electrons. The van der Waals surface area contributed by atoms with E-state index in [-0.39, 0.29) is 5.75 Å². The van der Waals surface area contributed by atoms with E-state index in [9.17, 15) is 8.42 Å². The minimum absolute atomic E-state index is 0.0239. The monoisotopic (exact) mass is 277 g/mol. The highest BCUT2D eigenvalue weighted by Crippen LogP contribution is 2.29. The molecule has 0 aromatic heterocycles. The van der Waals surface area contributed by atoms with Crippen LogP contribution >= 0.6 is 0 Å². The van der Waals surface area contributed by atoms with Gasteiger partial charge in [0.05, 0.1) is 18.5 Å². The summed E-state index contributed by atoms with van der Waals surface area (Å²) in [7, 11) is -3.43. The maximum Gasteiger partial charge on any atom is 0.209 e. The molecule has 0 aliphatic heterocycles. The maximum absolute atomic E-state index is 11.1. The second-order valence-electron chi connectivity index (χ2n) is 6.35. The molecule has 0 aromatic carbocycles. The van der Waals surface area contributed by atoms with Crippen LogP contribution in [0.5, 0.6) is 0 Å². The standard InChI is InChI=1S/C13H27NO3S/c1-4-11-6-5-7-12(8-11)17-9-13(2,3)10-18(14,15)16/h11-12H,4-10H2,1-3H3,(H2,14,15,16). The molecule has 0 heterocycles. The molecule has 2 N–H and O–H groups in total. The molecule has 4 nitrogen and oxygen atoms in total. The first-order valence-electron chi connectivity index (χ1n) is 6.84. The Bertz CT molecular complexity index is 351. The van der Waals surface area contributed by atoms with Crippen molar-refractivity contribution in [2.75, 3.05) is 12.4 Å². The van der Waals surface area contributed by atoms with E-state index < -0.39 is 15.4 Å². The van der Waals surface area contributed by atoms with Crippen molar-refractivity contribution in [2.45, 2.75) is 59.0 Å². The number of rotatable bonds is 6. The van der Waals surface area contributed by atoms with Crippen molar-refractivity contribution in [3.63, 3.8) is 0 Å². The third-order valence-electron chi connectivity index (χ3n) is 3.61. The second-order valence-corrected chi connectivity index (χ2v) is 7.96. The highest BCUT2D eigenvalue weighted by Gasteiger charge is 2.27. The highest BCUT2D eigenvalue weighted by atomic mass is 32.2. The normalized spacial score (nSPS) is 26.2. The molecule has 1 aliphatic rings. The van der Waals surface area contributed by atoms with Gasteiger partial charge in [0.15, 0.2) is 0 Å². The van der Waals surface area contributed by atoms with Crippen molar-refractivity contribution in [3.8, 4) is 0 Å². The first kappa shape index (κ1) is 15.9. The van der Waals surface area contributed by atoms with Gasteiger partial charge in [-0.05, 0) is 18.8 Å². The summed E-state index contributed by atoms with van der Waals surface area (Å²) in [6.07, 6.45) is 6.24. The molecule has 0 saturated heterocycles. The summed E-state index contributed by atoms with van der Waals surface area (Å²) < 4.78 is 28.1. The van der Waals surface area contributed by atoms with E-state index in [0.717, 1.165) is 18.8 Å². The lowest BCUT2D eigenvalue weighted by atomic mass is 9.85. The van der Waals surface area contributed by atoms with Crippen molar-refractivity contribution in [3.05, 3.63) is 0 Å². The average molecular weight is 277 g/mol. The fourth-order valence-electron chi connectivity index (χ4n) is 2.69. The summed E-state index contributed by atoms with van der Waals surface area (Å²) in [5, 5.41) is 5.09. The topological polar surface area (TPSA) is 69.4 Å². The van der Waals surface area contributed by atoms with Gasteiger partial charge in [-0.15, -0.1) is 0 Å². The summed E-state index contributed by atoms with van der Waals surface area (Å²) in [6, 6.07) is 0. The number of hydrogen-bond donors (Lipinski definition) is 1. The molecule has 1 rings (SSSR count). The van der Waals surface area contributed by atoms with Crippen LogP contribution in [-0.2, 0) is 14.8 Å². The third-order valence-corrected chi connectivity index (χ3v) is 4.80. The zero-order valence-electron chi connectivity index (χ0n) is 11.8. The number of ether oxygens (including phenoxy) is 1. The Kier molecular flexibility index (Phi) is 5.62. The van der Waals surface area contributed by atoms with Gasteiger partial charge in [0, 0.05) is 5.41 Å². The minimum Gasteiger partial charge on any atom is -0.378 e. The molecule has 2 unspecified atom stereocenters. The lowest BCUT2D eigenvalue weighted by molar-refractivity contribution is -0.0205. The summed E-state index contributed by atoms with van der Waals surface area (Å²) in [5.74, 6) is 0.745. The Hall–Kier alpha value is -0.130. The first-order valence-corrected chi connectivity index (χ1v) is 8.55. The van der Waals surface area contributed by atoms with Crippen LogP contribution in [0.25, 0.3) is 0 Å². The lowest BCUT2D eigenvalue weighted by Gasteiger charge is -2.32. The van der Waals surface area contributed by atoms with Crippen molar-refractivity contribution < 1.29 is 13.2 Å². The molecule has 0 bridgehead atoms. The van der Waals surface area contributed by atoms with Crippen LogP contribution in [-0.4, -0.2) is 26.9 Å². The van der Waals surface area contributed by atoms with Crippen molar-refractivity contribution in [1.29, 1.82) is 0 Å². The number of hydrogen-bond acceptors (Lipinski definition) is 3. The van der Waals surface area contributed by atoms with Crippen LogP contribution in [0.4, 0.5) is 0 Å². The lowest BCUT2D eigenvalue weighted by Crippen LogP contribution is -2.35. The largest absolute Gasteiger partial charge is 0.378 e. The Morgan fingerprint density at radius 1 is 1.33 bits per heavy atom. The van der Waals surface area contributed by atoms with E-state index in [1.807, 2.05) is 13.8 Å². The first-order chi connectivity index (χ1) is 8.22. The van der Waals surface area contributed by atoms with E-state index in [0.29, 0.717) is 12.7 Å². The molecule has 5 heteroatoms. The SMILES string of the molecule is CCC1CCCC(OCC(C)(C)CS(N)(=O)=O)C1. The van der Waals surface area contributed by atoms with Gasteiger partial charge in [-0.3, -0.25) is 0 Å². The van der Waals surface area contributed by atoms with Gasteiger partial charge in [-0.2, -0.15) is 0 Å². The molecular formula is C13H27NO3S. The van der Waals surface area contributed by atoms with Crippen LogP contribution in [0.15, 0.2) is 0 Å². The second kappa shape index (κ2) is 6.35. The molecule has 1 fully saturated rings. The van der Waals surface area contributed by atoms with E-state index in [1.54, 1.807) is 0 Å². The molecule has 0 spiro atoms. The molecule has 1 saturated carbocycles. The quantitative estimate of drug-likeness (QED) is 0.810. The molecule has 0 aromatic rings. The Morgan fingerprint density at radius 2 is 2.00 bits per heavy atom. The Balaban J connectivity index is 2.39. The summed E-state index contributed by atoms with van der Waals surface area (Å²) >= 11 is 0. The van der Waals surface area contributed by atoms with Gasteiger partial charge in [0.25, 0.3) is 0 Å². The van der Waals surface area contributed by atoms with Gasteiger partial charge in [-0.25, -0.2) is 13.6 Å². The van der Waals surface area contributed by atoms with E-state index >= 15 is 0 Å². The Morgan fingerprint density at radius 3 is 2.56 bits per heavy atom. The summed E-state index contributed by atoms with van der Waals surface area (Å²) in [5.41, 5.74) is -0.410. The third kappa shape index (κ3) is 6.16. The zero-order chi connectivity index (χ0) is 13.8. The minimum atomic E-state index is -3.43. The average Bonchev–Trinajstić information content (AvgIpc) is 2.24. The highest BCUT2D eigenvalue weighted by molar-refractivity contribution is 7.89. The van der Waals surface area contributed by atoms with Gasteiger partial charge < -0.3 is 4.74 Å². The molecule has 18 heavy (non-hydrogen) atoms. The van der Waals surface area contributed by atoms with Crippen LogP contribution in [0.2, 0.25) is 0 Å². The molecule has 0 radical (unpaired) electrons. The van der Waals surface area contributed by atoms with E-state index in [4.69, 9.17) is 9.88 Å². The number of primary sulfonamides is 1. The fourth-order valence-corrected chi connectivity index (χ4v) is 3.87. The van der Waals surface area contributed by atoms with Crippen molar-refractivity contribution in [1.82, 2.24) is 0 Å². The van der Waals surface area contributed by atoms with Gasteiger partial charge in [0.1, 0.15) is 0 Å². The van der Waals surface area contributed by atoms with Gasteiger partial charge in [0.2, 0.25) is 10.0 Å². The zero-order valence-corrected chi connectivity index (χ0v) is 12.6. The van der Waals surface area contributed by atoms with Crippen LogP contribution in [0.1, 0.15) is 52.9 Å². The predicted molar refractivity (Wildman–Crippen MR) is 73.7 cm³/mol. The molecule has 1 aliphatic carbocycles. The van der Waals surface area contributed by atoms with E-state index in [1.165, 1.54) is 19.3 Å². The van der Waals surface area contributed by atoms with Crippen LogP contribution in [0, 0.1) is 11.3 Å². The summed E-state index contributed by atoms with van der Waals surface area (Å²) in [6.45, 7) is 6.46.